The number of benzene rings is 6. The predicted molar refractivity (Wildman–Crippen MR) is 202 cm³/mol. The number of carbonyl (C=O) groups excluding carboxylic acids is 1. The standard InChI is InChI=1S/C37H30N4O11S2/c1-51-33-13-7-23(35(42)43)19-31(33)40-53(47,48)29-11-5-21-3-9-27(15-25(21)17-29)38-37(46)39-28-10-4-22-6-12-30(18-26(22)16-28)54(49,50)41-32-20-24(36(44)45)8-14-34(32)52-2/h3-20,40-41H,1-2H3,(H,42,43)(H,44,45)(H2,38,39,46). The second kappa shape index (κ2) is 14.6. The minimum absolute atomic E-state index is 0.0586. The number of fused-ring (bicyclic) bond motifs is 2. The summed E-state index contributed by atoms with van der Waals surface area (Å²) in [6, 6.07) is 25.4. The third-order valence-electron chi connectivity index (χ3n) is 8.14. The zero-order valence-electron chi connectivity index (χ0n) is 28.3. The summed E-state index contributed by atoms with van der Waals surface area (Å²) < 4.78 is 68.4. The van der Waals surface area contributed by atoms with Gasteiger partial charge in [0.25, 0.3) is 20.0 Å². The van der Waals surface area contributed by atoms with Crippen LogP contribution >= 0.6 is 0 Å². The van der Waals surface area contributed by atoms with Gasteiger partial charge in [0.15, 0.2) is 0 Å². The summed E-state index contributed by atoms with van der Waals surface area (Å²) >= 11 is 0. The Balaban J connectivity index is 1.19. The van der Waals surface area contributed by atoms with E-state index in [1.807, 2.05) is 0 Å². The lowest BCUT2D eigenvalue weighted by Gasteiger charge is -2.14. The number of hydrogen-bond acceptors (Lipinski definition) is 9. The number of sulfonamides is 2. The van der Waals surface area contributed by atoms with E-state index in [2.05, 4.69) is 20.1 Å². The molecule has 0 aliphatic heterocycles. The van der Waals surface area contributed by atoms with Crippen LogP contribution in [-0.4, -0.2) is 59.2 Å². The first-order valence-corrected chi connectivity index (χ1v) is 18.7. The Labute approximate surface area is 308 Å². The number of ether oxygens (including phenoxy) is 2. The maximum absolute atomic E-state index is 13.3. The maximum Gasteiger partial charge on any atom is 0.335 e. The molecule has 0 heterocycles. The van der Waals surface area contributed by atoms with E-state index in [0.29, 0.717) is 32.9 Å². The van der Waals surface area contributed by atoms with E-state index in [0.717, 1.165) is 12.1 Å². The summed E-state index contributed by atoms with van der Waals surface area (Å²) in [5.74, 6) is -2.24. The van der Waals surface area contributed by atoms with Crippen LogP contribution in [0.3, 0.4) is 0 Å². The SMILES string of the molecule is COc1ccc(C(=O)O)cc1NS(=O)(=O)c1ccc2ccc(NC(=O)Nc3ccc4ccc(S(=O)(=O)Nc5cc(C(=O)O)ccc5OC)cc4c3)cc2c1. The number of amides is 2. The van der Waals surface area contributed by atoms with Crippen LogP contribution in [0.1, 0.15) is 20.7 Å². The summed E-state index contributed by atoms with van der Waals surface area (Å²) in [6.45, 7) is 0. The predicted octanol–water partition coefficient (Wildman–Crippen LogP) is 6.65. The zero-order chi connectivity index (χ0) is 38.8. The zero-order valence-corrected chi connectivity index (χ0v) is 29.9. The van der Waals surface area contributed by atoms with E-state index in [4.69, 9.17) is 9.47 Å². The molecule has 0 aliphatic carbocycles. The van der Waals surface area contributed by atoms with Gasteiger partial charge in [0.1, 0.15) is 11.5 Å². The number of carbonyl (C=O) groups is 3. The molecule has 0 spiro atoms. The van der Waals surface area contributed by atoms with E-state index < -0.39 is 38.0 Å². The number of carboxylic acid groups (broad SMARTS) is 2. The normalized spacial score (nSPS) is 11.4. The van der Waals surface area contributed by atoms with E-state index in [-0.39, 0.29) is 43.8 Å². The second-order valence-corrected chi connectivity index (χ2v) is 15.0. The fourth-order valence-electron chi connectivity index (χ4n) is 5.48. The topological polar surface area (TPSA) is 227 Å². The highest BCUT2D eigenvalue weighted by Crippen LogP contribution is 2.31. The highest BCUT2D eigenvalue weighted by atomic mass is 32.2. The molecule has 0 aliphatic rings. The number of hydrogen-bond donors (Lipinski definition) is 6. The van der Waals surface area contributed by atoms with Crippen LogP contribution in [0, 0.1) is 0 Å². The molecule has 6 aromatic carbocycles. The van der Waals surface area contributed by atoms with Crippen LogP contribution in [0.25, 0.3) is 21.5 Å². The number of urea groups is 1. The monoisotopic (exact) mass is 770 g/mol. The van der Waals surface area contributed by atoms with Crippen LogP contribution in [0.4, 0.5) is 27.5 Å². The van der Waals surface area contributed by atoms with Crippen molar-refractivity contribution in [2.24, 2.45) is 0 Å². The van der Waals surface area contributed by atoms with Gasteiger partial charge in [-0.3, -0.25) is 9.44 Å². The van der Waals surface area contributed by atoms with Gasteiger partial charge in [0.05, 0.1) is 46.5 Å². The Morgan fingerprint density at radius 1 is 0.500 bits per heavy atom. The average Bonchev–Trinajstić information content (AvgIpc) is 3.13. The van der Waals surface area contributed by atoms with Gasteiger partial charge >= 0.3 is 18.0 Å². The van der Waals surface area contributed by atoms with Gasteiger partial charge in [-0.2, -0.15) is 0 Å². The highest BCUT2D eigenvalue weighted by Gasteiger charge is 2.21. The van der Waals surface area contributed by atoms with Crippen LogP contribution in [-0.2, 0) is 20.0 Å². The number of rotatable bonds is 12. The van der Waals surface area contributed by atoms with Crippen LogP contribution in [0.2, 0.25) is 0 Å². The molecule has 0 radical (unpaired) electrons. The van der Waals surface area contributed by atoms with Crippen molar-refractivity contribution in [3.8, 4) is 11.5 Å². The van der Waals surface area contributed by atoms with Crippen molar-refractivity contribution in [1.29, 1.82) is 0 Å². The van der Waals surface area contributed by atoms with Crippen molar-refractivity contribution in [3.05, 3.63) is 120 Å². The largest absolute Gasteiger partial charge is 0.495 e. The lowest BCUT2D eigenvalue weighted by Crippen LogP contribution is -2.19. The fraction of sp³-hybridized carbons (Fsp3) is 0.0541. The van der Waals surface area contributed by atoms with E-state index in [9.17, 15) is 41.4 Å². The minimum Gasteiger partial charge on any atom is -0.495 e. The van der Waals surface area contributed by atoms with Gasteiger partial charge in [0.2, 0.25) is 0 Å². The number of carboxylic acids is 2. The first kappa shape index (κ1) is 36.9. The number of nitrogens with one attached hydrogen (secondary N) is 4. The Morgan fingerprint density at radius 2 is 0.889 bits per heavy atom. The molecule has 276 valence electrons. The fourth-order valence-corrected chi connectivity index (χ4v) is 7.67. The summed E-state index contributed by atoms with van der Waals surface area (Å²) in [5, 5.41) is 26.4. The molecule has 2 amide bonds. The van der Waals surface area contributed by atoms with Gasteiger partial charge < -0.3 is 30.3 Å². The smallest absolute Gasteiger partial charge is 0.335 e. The van der Waals surface area contributed by atoms with Crippen LogP contribution in [0.5, 0.6) is 11.5 Å². The maximum atomic E-state index is 13.3. The van der Waals surface area contributed by atoms with Crippen molar-refractivity contribution in [2.45, 2.75) is 9.79 Å². The van der Waals surface area contributed by atoms with Gasteiger partial charge in [-0.15, -0.1) is 0 Å². The van der Waals surface area contributed by atoms with Crippen molar-refractivity contribution in [1.82, 2.24) is 0 Å². The van der Waals surface area contributed by atoms with E-state index in [1.165, 1.54) is 62.8 Å². The van der Waals surface area contributed by atoms with Gasteiger partial charge in [-0.25, -0.2) is 31.2 Å². The minimum atomic E-state index is -4.20. The van der Waals surface area contributed by atoms with Crippen molar-refractivity contribution >= 4 is 82.3 Å². The Kier molecular flexibility index (Phi) is 10.0. The Hall–Kier alpha value is -6.85. The first-order valence-electron chi connectivity index (χ1n) is 15.7. The number of aromatic carboxylic acids is 2. The number of anilines is 4. The van der Waals surface area contributed by atoms with Crippen LogP contribution < -0.4 is 29.6 Å². The van der Waals surface area contributed by atoms with E-state index in [1.54, 1.807) is 48.5 Å². The van der Waals surface area contributed by atoms with Crippen molar-refractivity contribution in [3.63, 3.8) is 0 Å². The molecule has 0 saturated heterocycles. The molecule has 0 fully saturated rings. The summed E-state index contributed by atoms with van der Waals surface area (Å²) in [4.78, 5) is 35.7. The average molecular weight is 771 g/mol. The number of methoxy groups -OCH3 is 2. The molecule has 6 N–H and O–H groups in total. The van der Waals surface area contributed by atoms with Crippen molar-refractivity contribution in [2.75, 3.05) is 34.3 Å². The molecule has 6 rings (SSSR count). The van der Waals surface area contributed by atoms with Gasteiger partial charge in [-0.1, -0.05) is 24.3 Å². The van der Waals surface area contributed by atoms with Crippen LogP contribution in [0.15, 0.2) is 119 Å². The van der Waals surface area contributed by atoms with Gasteiger partial charge in [0, 0.05) is 11.4 Å². The third-order valence-corrected chi connectivity index (χ3v) is 10.9. The Morgan fingerprint density at radius 3 is 1.26 bits per heavy atom. The molecule has 17 heteroatoms. The molecule has 6 aromatic rings. The third kappa shape index (κ3) is 7.96. The molecule has 0 unspecified atom stereocenters. The molecular weight excluding hydrogens is 741 g/mol. The quantitative estimate of drug-likeness (QED) is 0.0772. The summed E-state index contributed by atoms with van der Waals surface area (Å²) in [5.41, 5.74) is 0.271. The molecule has 0 bridgehead atoms. The molecular formula is C37H30N4O11S2. The summed E-state index contributed by atoms with van der Waals surface area (Å²) in [6.07, 6.45) is 0. The lowest BCUT2D eigenvalue weighted by atomic mass is 10.1. The molecule has 0 atom stereocenters. The van der Waals surface area contributed by atoms with Gasteiger partial charge in [-0.05, 0) is 106 Å². The lowest BCUT2D eigenvalue weighted by molar-refractivity contribution is 0.0686. The molecule has 54 heavy (non-hydrogen) atoms. The molecule has 15 nitrogen and oxygen atoms in total. The second-order valence-electron chi connectivity index (χ2n) is 11.7. The van der Waals surface area contributed by atoms with Crippen molar-refractivity contribution < 1.29 is 50.9 Å². The highest BCUT2D eigenvalue weighted by molar-refractivity contribution is 7.93. The Bertz CT molecular complexity index is 2530. The van der Waals surface area contributed by atoms with E-state index >= 15 is 0 Å². The first-order chi connectivity index (χ1) is 25.6. The summed E-state index contributed by atoms with van der Waals surface area (Å²) in [7, 11) is -5.76. The molecule has 0 aromatic heterocycles. The molecule has 0 saturated carbocycles.